The van der Waals surface area contributed by atoms with Gasteiger partial charge >= 0.3 is 0 Å². The number of rotatable bonds is 3. The Labute approximate surface area is 150 Å². The highest BCUT2D eigenvalue weighted by Gasteiger charge is 2.66. The maximum atomic E-state index is 12.2. The van der Waals surface area contributed by atoms with E-state index in [0.29, 0.717) is 29.5 Å². The molecule has 0 aromatic rings. The Hall–Kier alpha value is -1.30. The first-order chi connectivity index (χ1) is 12.0. The lowest BCUT2D eigenvalue weighted by Gasteiger charge is -2.63. The molecule has 0 aromatic heterocycles. The smallest absolute Gasteiger partial charge is 0.225 e. The average Bonchev–Trinajstić information content (AvgIpc) is 3.17. The molecule has 0 radical (unpaired) electrons. The molecule has 6 heteroatoms. The lowest BCUT2D eigenvalue weighted by Crippen LogP contribution is -2.72. The third kappa shape index (κ3) is 2.73. The molecule has 2 N–H and O–H groups in total. The van der Waals surface area contributed by atoms with Gasteiger partial charge in [-0.1, -0.05) is 20.3 Å². The first-order valence-electron chi connectivity index (χ1n) is 9.95. The number of hydrogen-bond donors (Lipinski definition) is 2. The van der Waals surface area contributed by atoms with Crippen molar-refractivity contribution in [2.75, 3.05) is 26.7 Å². The van der Waals surface area contributed by atoms with Crippen LogP contribution in [0.25, 0.3) is 0 Å². The minimum atomic E-state index is 0.0731. The summed E-state index contributed by atoms with van der Waals surface area (Å²) in [7, 11) is 1.84. The van der Waals surface area contributed by atoms with Crippen molar-refractivity contribution in [2.45, 2.75) is 64.1 Å². The molecule has 1 spiro atoms. The lowest BCUT2D eigenvalue weighted by atomic mass is 9.46. The summed E-state index contributed by atoms with van der Waals surface area (Å²) >= 11 is 0. The van der Waals surface area contributed by atoms with Crippen molar-refractivity contribution in [3.63, 3.8) is 0 Å². The minimum Gasteiger partial charge on any atom is -0.377 e. The van der Waals surface area contributed by atoms with Crippen LogP contribution in [-0.2, 0) is 9.53 Å². The molecule has 2 saturated carbocycles. The van der Waals surface area contributed by atoms with Gasteiger partial charge in [0.2, 0.25) is 5.91 Å². The van der Waals surface area contributed by atoms with Crippen molar-refractivity contribution in [1.82, 2.24) is 15.5 Å². The SMILES string of the molecule is CN=C(NC1CCN(C(=O)C(C)C)C1)NC1C2CCOC2C12CCC2. The Bertz CT molecular complexity index is 558. The maximum Gasteiger partial charge on any atom is 0.225 e. The molecule has 4 unspecified atom stereocenters. The fourth-order valence-corrected chi connectivity index (χ4v) is 5.41. The zero-order valence-corrected chi connectivity index (χ0v) is 15.8. The maximum absolute atomic E-state index is 12.2. The number of carbonyl (C=O) groups is 1. The summed E-state index contributed by atoms with van der Waals surface area (Å²) in [6.07, 6.45) is 6.52. The second-order valence-corrected chi connectivity index (χ2v) is 8.59. The van der Waals surface area contributed by atoms with Gasteiger partial charge in [-0.15, -0.1) is 0 Å². The van der Waals surface area contributed by atoms with Crippen LogP contribution in [0.15, 0.2) is 4.99 Å². The Morgan fingerprint density at radius 3 is 2.72 bits per heavy atom. The molecule has 140 valence electrons. The van der Waals surface area contributed by atoms with E-state index < -0.39 is 0 Å². The fourth-order valence-electron chi connectivity index (χ4n) is 5.41. The molecule has 4 atom stereocenters. The summed E-state index contributed by atoms with van der Waals surface area (Å²) in [4.78, 5) is 18.6. The number of carbonyl (C=O) groups excluding carboxylic acids is 1. The van der Waals surface area contributed by atoms with Crippen LogP contribution in [0.1, 0.15) is 46.0 Å². The number of hydrogen-bond acceptors (Lipinski definition) is 3. The van der Waals surface area contributed by atoms with E-state index in [-0.39, 0.29) is 11.8 Å². The van der Waals surface area contributed by atoms with Crippen molar-refractivity contribution in [3.8, 4) is 0 Å². The molecule has 0 bridgehead atoms. The van der Waals surface area contributed by atoms with Gasteiger partial charge in [0.25, 0.3) is 0 Å². The molecule has 2 aliphatic carbocycles. The topological polar surface area (TPSA) is 66.0 Å². The average molecular weight is 348 g/mol. The lowest BCUT2D eigenvalue weighted by molar-refractivity contribution is -0.171. The summed E-state index contributed by atoms with van der Waals surface area (Å²) in [5.74, 6) is 1.86. The largest absolute Gasteiger partial charge is 0.377 e. The van der Waals surface area contributed by atoms with Gasteiger partial charge in [0.05, 0.1) is 6.10 Å². The number of nitrogens with zero attached hydrogens (tertiary/aromatic N) is 2. The van der Waals surface area contributed by atoms with Crippen LogP contribution < -0.4 is 10.6 Å². The fraction of sp³-hybridized carbons (Fsp3) is 0.895. The van der Waals surface area contributed by atoms with Gasteiger partial charge in [0, 0.05) is 56.1 Å². The van der Waals surface area contributed by atoms with Crippen molar-refractivity contribution in [2.24, 2.45) is 22.2 Å². The van der Waals surface area contributed by atoms with Crippen LogP contribution in [0, 0.1) is 17.3 Å². The van der Waals surface area contributed by atoms with Crippen molar-refractivity contribution in [1.29, 1.82) is 0 Å². The van der Waals surface area contributed by atoms with E-state index in [0.717, 1.165) is 32.1 Å². The van der Waals surface area contributed by atoms with Gasteiger partial charge < -0.3 is 20.3 Å². The molecule has 2 saturated heterocycles. The molecule has 4 fully saturated rings. The zero-order valence-electron chi connectivity index (χ0n) is 15.8. The second-order valence-electron chi connectivity index (χ2n) is 8.59. The second kappa shape index (κ2) is 6.45. The van der Waals surface area contributed by atoms with Crippen LogP contribution in [-0.4, -0.2) is 61.7 Å². The van der Waals surface area contributed by atoms with E-state index in [1.165, 1.54) is 25.7 Å². The van der Waals surface area contributed by atoms with E-state index in [9.17, 15) is 4.79 Å². The number of ether oxygens (including phenoxy) is 1. The van der Waals surface area contributed by atoms with E-state index in [1.54, 1.807) is 0 Å². The first-order valence-corrected chi connectivity index (χ1v) is 9.95. The van der Waals surface area contributed by atoms with E-state index in [4.69, 9.17) is 4.74 Å². The Balaban J connectivity index is 1.34. The highest BCUT2D eigenvalue weighted by Crippen LogP contribution is 2.62. The molecule has 4 rings (SSSR count). The molecule has 25 heavy (non-hydrogen) atoms. The number of likely N-dealkylation sites (tertiary alicyclic amines) is 1. The van der Waals surface area contributed by atoms with Gasteiger partial charge in [-0.05, 0) is 25.7 Å². The molecule has 0 aromatic carbocycles. The first kappa shape index (κ1) is 17.1. The molecule has 4 aliphatic rings. The number of amides is 1. The molecular weight excluding hydrogens is 316 g/mol. The number of fused-ring (bicyclic) bond motifs is 2. The van der Waals surface area contributed by atoms with Crippen molar-refractivity contribution in [3.05, 3.63) is 0 Å². The number of nitrogens with one attached hydrogen (secondary N) is 2. The van der Waals surface area contributed by atoms with Crippen LogP contribution in [0.2, 0.25) is 0 Å². The standard InChI is InChI=1S/C19H32N4O2/c1-12(2)17(24)23-9-5-13(11-23)21-18(20-3)22-15-14-6-10-25-16(14)19(15)7-4-8-19/h12-16H,4-11H2,1-3H3,(H2,20,21,22). The summed E-state index contributed by atoms with van der Waals surface area (Å²) in [5.41, 5.74) is 0.355. The third-order valence-electron chi connectivity index (χ3n) is 6.89. The van der Waals surface area contributed by atoms with E-state index >= 15 is 0 Å². The van der Waals surface area contributed by atoms with Crippen LogP contribution in [0.5, 0.6) is 0 Å². The monoisotopic (exact) mass is 348 g/mol. The normalized spacial score (nSPS) is 36.2. The molecule has 6 nitrogen and oxygen atoms in total. The summed E-state index contributed by atoms with van der Waals surface area (Å²) in [6.45, 7) is 6.48. The molecular formula is C19H32N4O2. The van der Waals surface area contributed by atoms with Gasteiger partial charge in [0.1, 0.15) is 0 Å². The summed E-state index contributed by atoms with van der Waals surface area (Å²) < 4.78 is 6.01. The quantitative estimate of drug-likeness (QED) is 0.597. The highest BCUT2D eigenvalue weighted by atomic mass is 16.5. The molecule has 2 heterocycles. The molecule has 1 amide bonds. The third-order valence-corrected chi connectivity index (χ3v) is 6.89. The van der Waals surface area contributed by atoms with E-state index in [2.05, 4.69) is 15.6 Å². The Kier molecular flexibility index (Phi) is 4.42. The molecule has 2 aliphatic heterocycles. The van der Waals surface area contributed by atoms with Gasteiger partial charge in [-0.2, -0.15) is 0 Å². The van der Waals surface area contributed by atoms with Crippen LogP contribution in [0.4, 0.5) is 0 Å². The van der Waals surface area contributed by atoms with Crippen molar-refractivity contribution >= 4 is 11.9 Å². The highest BCUT2D eigenvalue weighted by molar-refractivity contribution is 5.81. The van der Waals surface area contributed by atoms with Crippen LogP contribution >= 0.6 is 0 Å². The van der Waals surface area contributed by atoms with Crippen molar-refractivity contribution < 1.29 is 9.53 Å². The number of guanidine groups is 1. The van der Waals surface area contributed by atoms with Gasteiger partial charge in [0.15, 0.2) is 5.96 Å². The summed E-state index contributed by atoms with van der Waals surface area (Å²) in [5, 5.41) is 7.28. The Morgan fingerprint density at radius 1 is 1.28 bits per heavy atom. The predicted octanol–water partition coefficient (Wildman–Crippen LogP) is 1.37. The number of aliphatic imine (C=N–C) groups is 1. The Morgan fingerprint density at radius 2 is 2.08 bits per heavy atom. The summed E-state index contributed by atoms with van der Waals surface area (Å²) in [6, 6.07) is 0.789. The minimum absolute atomic E-state index is 0.0731. The van der Waals surface area contributed by atoms with Gasteiger partial charge in [-0.3, -0.25) is 9.79 Å². The van der Waals surface area contributed by atoms with Crippen LogP contribution in [0.3, 0.4) is 0 Å². The predicted molar refractivity (Wildman–Crippen MR) is 97.4 cm³/mol. The zero-order chi connectivity index (χ0) is 17.6. The van der Waals surface area contributed by atoms with Gasteiger partial charge in [-0.25, -0.2) is 0 Å². The van der Waals surface area contributed by atoms with E-state index in [1.807, 2.05) is 25.8 Å².